The van der Waals surface area contributed by atoms with Crippen molar-refractivity contribution in [3.05, 3.63) is 53.1 Å². The van der Waals surface area contributed by atoms with E-state index in [1.54, 1.807) is 0 Å². The zero-order valence-electron chi connectivity index (χ0n) is 10.0. The molecule has 0 fully saturated rings. The van der Waals surface area contributed by atoms with E-state index in [1.165, 1.54) is 16.7 Å². The minimum Gasteiger partial charge on any atom is -0.480 e. The molecule has 1 aromatic rings. The van der Waals surface area contributed by atoms with Crippen LogP contribution in [0.2, 0.25) is 0 Å². The Balaban J connectivity index is 1.93. The first-order valence-electron chi connectivity index (χ1n) is 6.20. The highest BCUT2D eigenvalue weighted by Crippen LogP contribution is 2.37. The standard InChI is InChI=1S/C15H15NO2/c17-15(18)14-13-9-12(8-11(13)6-7-16-14)10-4-2-1-3-5-10/h1-5,9,14,16H,6-8H2,(H,17,18). The van der Waals surface area contributed by atoms with E-state index < -0.39 is 12.0 Å². The fourth-order valence-electron chi connectivity index (χ4n) is 2.73. The van der Waals surface area contributed by atoms with E-state index in [0.29, 0.717) is 0 Å². The van der Waals surface area contributed by atoms with Crippen molar-refractivity contribution in [3.63, 3.8) is 0 Å². The minimum absolute atomic E-state index is 0.532. The maximum atomic E-state index is 11.2. The van der Waals surface area contributed by atoms with Gasteiger partial charge in [0.05, 0.1) is 0 Å². The molecule has 0 bridgehead atoms. The highest BCUT2D eigenvalue weighted by Gasteiger charge is 2.30. The van der Waals surface area contributed by atoms with Gasteiger partial charge in [0.1, 0.15) is 6.04 Å². The van der Waals surface area contributed by atoms with Crippen molar-refractivity contribution in [1.29, 1.82) is 0 Å². The summed E-state index contributed by atoms with van der Waals surface area (Å²) in [6.07, 6.45) is 3.90. The van der Waals surface area contributed by atoms with E-state index in [-0.39, 0.29) is 0 Å². The number of hydrogen-bond donors (Lipinski definition) is 2. The summed E-state index contributed by atoms with van der Waals surface area (Å²) in [6.45, 7) is 0.756. The molecule has 0 amide bonds. The average molecular weight is 241 g/mol. The van der Waals surface area contributed by atoms with Gasteiger partial charge in [-0.15, -0.1) is 0 Å². The lowest BCUT2D eigenvalue weighted by Crippen LogP contribution is -2.41. The van der Waals surface area contributed by atoms with Crippen LogP contribution in [0.5, 0.6) is 0 Å². The summed E-state index contributed by atoms with van der Waals surface area (Å²) < 4.78 is 0. The third-order valence-electron chi connectivity index (χ3n) is 3.62. The zero-order valence-corrected chi connectivity index (χ0v) is 10.0. The summed E-state index contributed by atoms with van der Waals surface area (Å²) in [5.74, 6) is -0.784. The Morgan fingerprint density at radius 2 is 2.06 bits per heavy atom. The molecule has 2 N–H and O–H groups in total. The molecule has 3 nitrogen and oxygen atoms in total. The number of carboxylic acid groups (broad SMARTS) is 1. The van der Waals surface area contributed by atoms with E-state index in [4.69, 9.17) is 0 Å². The van der Waals surface area contributed by atoms with Crippen LogP contribution in [0.4, 0.5) is 0 Å². The van der Waals surface area contributed by atoms with Crippen LogP contribution >= 0.6 is 0 Å². The second-order valence-corrected chi connectivity index (χ2v) is 4.75. The van der Waals surface area contributed by atoms with Crippen LogP contribution in [0.1, 0.15) is 18.4 Å². The van der Waals surface area contributed by atoms with Crippen LogP contribution in [0.15, 0.2) is 47.6 Å². The molecule has 1 atom stereocenters. The molecule has 0 spiro atoms. The summed E-state index contributed by atoms with van der Waals surface area (Å²) in [5.41, 5.74) is 4.67. The molecule has 18 heavy (non-hydrogen) atoms. The lowest BCUT2D eigenvalue weighted by Gasteiger charge is -2.22. The fourth-order valence-corrected chi connectivity index (χ4v) is 2.73. The van der Waals surface area contributed by atoms with Gasteiger partial charge in [-0.05, 0) is 36.1 Å². The van der Waals surface area contributed by atoms with Crippen molar-refractivity contribution in [1.82, 2.24) is 5.32 Å². The number of nitrogens with one attached hydrogen (secondary N) is 1. The molecule has 0 saturated heterocycles. The molecule has 0 radical (unpaired) electrons. The van der Waals surface area contributed by atoms with E-state index in [0.717, 1.165) is 25.0 Å². The van der Waals surface area contributed by atoms with Gasteiger partial charge in [-0.3, -0.25) is 4.79 Å². The third-order valence-corrected chi connectivity index (χ3v) is 3.62. The molecule has 3 rings (SSSR count). The highest BCUT2D eigenvalue weighted by molar-refractivity contribution is 5.84. The Bertz CT molecular complexity index is 543. The monoisotopic (exact) mass is 241 g/mol. The Labute approximate surface area is 106 Å². The molecule has 3 heteroatoms. The number of allylic oxidation sites excluding steroid dienone is 1. The number of benzene rings is 1. The van der Waals surface area contributed by atoms with Crippen molar-refractivity contribution >= 4 is 11.5 Å². The third kappa shape index (κ3) is 1.87. The van der Waals surface area contributed by atoms with E-state index in [2.05, 4.69) is 23.5 Å². The maximum Gasteiger partial charge on any atom is 0.325 e. The largest absolute Gasteiger partial charge is 0.480 e. The van der Waals surface area contributed by atoms with E-state index >= 15 is 0 Å². The predicted octanol–water partition coefficient (Wildman–Crippen LogP) is 2.22. The topological polar surface area (TPSA) is 49.3 Å². The van der Waals surface area contributed by atoms with E-state index in [1.807, 2.05) is 18.2 Å². The minimum atomic E-state index is -0.784. The van der Waals surface area contributed by atoms with Crippen LogP contribution in [-0.4, -0.2) is 23.7 Å². The van der Waals surface area contributed by atoms with Crippen LogP contribution in [0.3, 0.4) is 0 Å². The van der Waals surface area contributed by atoms with Crippen molar-refractivity contribution in [2.75, 3.05) is 6.54 Å². The van der Waals surface area contributed by atoms with Gasteiger partial charge in [0.2, 0.25) is 0 Å². The summed E-state index contributed by atoms with van der Waals surface area (Å²) in [6, 6.07) is 9.64. The van der Waals surface area contributed by atoms with Crippen LogP contribution in [-0.2, 0) is 4.79 Å². The highest BCUT2D eigenvalue weighted by atomic mass is 16.4. The Morgan fingerprint density at radius 1 is 1.28 bits per heavy atom. The molecule has 1 aliphatic heterocycles. The van der Waals surface area contributed by atoms with E-state index in [9.17, 15) is 9.90 Å². The summed E-state index contributed by atoms with van der Waals surface area (Å²) in [4.78, 5) is 11.2. The number of carbonyl (C=O) groups is 1. The van der Waals surface area contributed by atoms with Crippen molar-refractivity contribution in [2.45, 2.75) is 18.9 Å². The molecule has 1 aromatic carbocycles. The molecule has 1 unspecified atom stereocenters. The molecule has 1 aliphatic carbocycles. The van der Waals surface area contributed by atoms with Gasteiger partial charge in [-0.1, -0.05) is 42.0 Å². The second kappa shape index (κ2) is 4.42. The van der Waals surface area contributed by atoms with Crippen LogP contribution in [0.25, 0.3) is 5.57 Å². The number of carboxylic acids is 1. The Kier molecular flexibility index (Phi) is 2.76. The quantitative estimate of drug-likeness (QED) is 0.834. The lowest BCUT2D eigenvalue weighted by molar-refractivity contribution is -0.138. The average Bonchev–Trinajstić information content (AvgIpc) is 2.83. The molecule has 2 aliphatic rings. The molecule has 92 valence electrons. The molecule has 0 saturated carbocycles. The van der Waals surface area contributed by atoms with Gasteiger partial charge >= 0.3 is 5.97 Å². The summed E-state index contributed by atoms with van der Waals surface area (Å²) >= 11 is 0. The van der Waals surface area contributed by atoms with Gasteiger partial charge in [0.25, 0.3) is 0 Å². The molecule has 0 aromatic heterocycles. The number of rotatable bonds is 2. The van der Waals surface area contributed by atoms with Crippen molar-refractivity contribution < 1.29 is 9.90 Å². The second-order valence-electron chi connectivity index (χ2n) is 4.75. The normalized spacial score (nSPS) is 22.7. The fraction of sp³-hybridized carbons (Fsp3) is 0.267. The summed E-state index contributed by atoms with van der Waals surface area (Å²) in [5, 5.41) is 12.3. The van der Waals surface area contributed by atoms with Crippen LogP contribution in [0, 0.1) is 0 Å². The van der Waals surface area contributed by atoms with Gasteiger partial charge in [0, 0.05) is 0 Å². The maximum absolute atomic E-state index is 11.2. The molecular weight excluding hydrogens is 226 g/mol. The SMILES string of the molecule is O=C(O)C1NCCC2=C1C=C(c1ccccc1)C2. The smallest absolute Gasteiger partial charge is 0.325 e. The Morgan fingerprint density at radius 3 is 2.78 bits per heavy atom. The predicted molar refractivity (Wildman–Crippen MR) is 70.1 cm³/mol. The number of aliphatic carboxylic acids is 1. The first kappa shape index (κ1) is 11.2. The van der Waals surface area contributed by atoms with Crippen molar-refractivity contribution in [2.24, 2.45) is 0 Å². The first-order valence-corrected chi connectivity index (χ1v) is 6.20. The first-order chi connectivity index (χ1) is 8.75. The van der Waals surface area contributed by atoms with Gasteiger partial charge in [-0.25, -0.2) is 0 Å². The molecule has 1 heterocycles. The van der Waals surface area contributed by atoms with Gasteiger partial charge in [-0.2, -0.15) is 0 Å². The zero-order chi connectivity index (χ0) is 12.5. The molecular formula is C15H15NO2. The lowest BCUT2D eigenvalue weighted by atomic mass is 9.96. The van der Waals surface area contributed by atoms with Gasteiger partial charge in [0.15, 0.2) is 0 Å². The Hall–Kier alpha value is -1.87. The van der Waals surface area contributed by atoms with Crippen molar-refractivity contribution in [3.8, 4) is 0 Å². The van der Waals surface area contributed by atoms with Gasteiger partial charge < -0.3 is 10.4 Å². The number of hydrogen-bond acceptors (Lipinski definition) is 2. The van der Waals surface area contributed by atoms with Crippen LogP contribution < -0.4 is 5.32 Å². The summed E-state index contributed by atoms with van der Waals surface area (Å²) in [7, 11) is 0.